The summed E-state index contributed by atoms with van der Waals surface area (Å²) in [6.07, 6.45) is 0. The van der Waals surface area contributed by atoms with E-state index in [0.717, 1.165) is 21.7 Å². The van der Waals surface area contributed by atoms with Gasteiger partial charge in [-0.05, 0) is 31.2 Å². The number of amides is 1. The molecule has 0 atom stereocenters. The number of sulfonamides is 1. The van der Waals surface area contributed by atoms with Crippen LogP contribution in [-0.4, -0.2) is 46.0 Å². The molecule has 2 aromatic heterocycles. The van der Waals surface area contributed by atoms with Gasteiger partial charge in [0.05, 0.1) is 18.3 Å². The fourth-order valence-corrected chi connectivity index (χ4v) is 4.12. The van der Waals surface area contributed by atoms with E-state index in [9.17, 15) is 13.2 Å². The van der Waals surface area contributed by atoms with Crippen LogP contribution in [0.5, 0.6) is 0 Å². The Morgan fingerprint density at radius 3 is 2.72 bits per heavy atom. The average Bonchev–Trinajstić information content (AvgIpc) is 3.02. The number of fused-ring (bicyclic) bond motifs is 1. The number of benzene rings is 1. The van der Waals surface area contributed by atoms with Gasteiger partial charge in [-0.3, -0.25) is 4.79 Å². The van der Waals surface area contributed by atoms with Crippen LogP contribution in [0.2, 0.25) is 0 Å². The largest absolute Gasteiger partial charge is 0.310 e. The lowest BCUT2D eigenvalue weighted by Crippen LogP contribution is -2.35. The lowest BCUT2D eigenvalue weighted by molar-refractivity contribution is -0.116. The molecule has 1 aromatic carbocycles. The van der Waals surface area contributed by atoms with Gasteiger partial charge in [-0.25, -0.2) is 13.4 Å². The number of carbonyl (C=O) groups is 1. The van der Waals surface area contributed by atoms with Gasteiger partial charge in [0.25, 0.3) is 0 Å². The predicted octanol–water partition coefficient (Wildman–Crippen LogP) is 1.65. The van der Waals surface area contributed by atoms with Gasteiger partial charge in [0.2, 0.25) is 15.9 Å². The van der Waals surface area contributed by atoms with Crippen LogP contribution in [0.15, 0.2) is 41.3 Å². The Kier molecular flexibility index (Phi) is 4.75. The van der Waals surface area contributed by atoms with Crippen LogP contribution in [-0.2, 0) is 14.8 Å². The second kappa shape index (κ2) is 6.82. The second-order valence-corrected chi connectivity index (χ2v) is 7.90. The minimum absolute atomic E-state index is 0.0303. The molecule has 1 N–H and O–H groups in total. The van der Waals surface area contributed by atoms with Gasteiger partial charge in [-0.2, -0.15) is 13.1 Å². The van der Waals surface area contributed by atoms with Crippen LogP contribution >= 0.6 is 11.7 Å². The summed E-state index contributed by atoms with van der Waals surface area (Å²) >= 11 is 0.941. The average molecular weight is 377 g/mol. The number of nitrogens with one attached hydrogen (secondary N) is 1. The number of hydrogen-bond acceptors (Lipinski definition) is 7. The summed E-state index contributed by atoms with van der Waals surface area (Å²) in [5.41, 5.74) is 1.56. The van der Waals surface area contributed by atoms with E-state index in [4.69, 9.17) is 0 Å². The van der Waals surface area contributed by atoms with Crippen LogP contribution in [0.1, 0.15) is 5.69 Å². The maximum absolute atomic E-state index is 12.8. The summed E-state index contributed by atoms with van der Waals surface area (Å²) in [5.74, 6) is -0.102. The Morgan fingerprint density at radius 2 is 1.96 bits per heavy atom. The number of pyridine rings is 1. The summed E-state index contributed by atoms with van der Waals surface area (Å²) in [5, 5.41) is 2.59. The van der Waals surface area contributed by atoms with Gasteiger partial charge >= 0.3 is 0 Å². The number of aryl methyl sites for hydroxylation is 1. The fourth-order valence-electron chi connectivity index (χ4n) is 2.24. The van der Waals surface area contributed by atoms with E-state index in [1.807, 2.05) is 0 Å². The Bertz CT molecular complexity index is 1030. The number of hydrogen-bond donors (Lipinski definition) is 1. The third-order valence-electron chi connectivity index (χ3n) is 3.46. The first-order valence-corrected chi connectivity index (χ1v) is 9.46. The van der Waals surface area contributed by atoms with Gasteiger partial charge in [0, 0.05) is 12.7 Å². The molecule has 130 valence electrons. The predicted molar refractivity (Wildman–Crippen MR) is 94.8 cm³/mol. The molecule has 0 saturated heterocycles. The highest BCUT2D eigenvalue weighted by molar-refractivity contribution is 7.89. The molecule has 25 heavy (non-hydrogen) atoms. The van der Waals surface area contributed by atoms with Gasteiger partial charge in [-0.15, -0.1) is 0 Å². The van der Waals surface area contributed by atoms with E-state index in [-0.39, 0.29) is 11.4 Å². The second-order valence-electron chi connectivity index (χ2n) is 5.36. The maximum atomic E-state index is 12.8. The molecule has 0 fully saturated rings. The van der Waals surface area contributed by atoms with Gasteiger partial charge in [0.1, 0.15) is 21.7 Å². The molecular weight excluding hydrogens is 362 g/mol. The molecule has 0 aliphatic heterocycles. The topological polar surface area (TPSA) is 105 Å². The van der Waals surface area contributed by atoms with Crippen molar-refractivity contribution in [1.29, 1.82) is 0 Å². The van der Waals surface area contributed by atoms with E-state index in [0.29, 0.717) is 16.9 Å². The van der Waals surface area contributed by atoms with Crippen LogP contribution in [0.4, 0.5) is 5.82 Å². The molecule has 3 aromatic rings. The molecule has 0 spiro atoms. The number of likely N-dealkylation sites (N-methyl/N-ethyl adjacent to an activating group) is 1. The summed E-state index contributed by atoms with van der Waals surface area (Å²) in [6, 6.07) is 9.94. The van der Waals surface area contributed by atoms with E-state index in [1.54, 1.807) is 37.3 Å². The van der Waals surface area contributed by atoms with Gasteiger partial charge in [0.15, 0.2) is 0 Å². The van der Waals surface area contributed by atoms with Crippen molar-refractivity contribution in [2.45, 2.75) is 11.8 Å². The van der Waals surface area contributed by atoms with E-state index in [2.05, 4.69) is 19.0 Å². The lowest BCUT2D eigenvalue weighted by atomic mass is 10.3. The monoisotopic (exact) mass is 377 g/mol. The van der Waals surface area contributed by atoms with Crippen molar-refractivity contribution in [3.63, 3.8) is 0 Å². The van der Waals surface area contributed by atoms with E-state index >= 15 is 0 Å². The van der Waals surface area contributed by atoms with Crippen molar-refractivity contribution in [1.82, 2.24) is 18.0 Å². The van der Waals surface area contributed by atoms with Crippen LogP contribution < -0.4 is 5.32 Å². The van der Waals surface area contributed by atoms with Crippen molar-refractivity contribution >= 4 is 44.5 Å². The first kappa shape index (κ1) is 17.4. The molecule has 0 radical (unpaired) electrons. The van der Waals surface area contributed by atoms with E-state index < -0.39 is 15.9 Å². The molecule has 2 heterocycles. The molecule has 3 rings (SSSR count). The SMILES string of the molecule is Cc1cccc(NC(=O)CN(C)S(=O)(=O)c2cccc3nsnc23)n1. The Morgan fingerprint density at radius 1 is 1.20 bits per heavy atom. The number of anilines is 1. The maximum Gasteiger partial charge on any atom is 0.245 e. The summed E-state index contributed by atoms with van der Waals surface area (Å²) in [6.45, 7) is 1.46. The third kappa shape index (κ3) is 3.65. The first-order valence-electron chi connectivity index (χ1n) is 7.29. The third-order valence-corrected chi connectivity index (χ3v) is 5.84. The Hall–Kier alpha value is -2.43. The van der Waals surface area contributed by atoms with Crippen molar-refractivity contribution < 1.29 is 13.2 Å². The highest BCUT2D eigenvalue weighted by Crippen LogP contribution is 2.23. The zero-order chi connectivity index (χ0) is 18.0. The molecule has 1 amide bonds. The summed E-state index contributed by atoms with van der Waals surface area (Å²) in [4.78, 5) is 16.3. The quantitative estimate of drug-likeness (QED) is 0.725. The summed E-state index contributed by atoms with van der Waals surface area (Å²) in [7, 11) is -2.53. The molecule has 0 bridgehead atoms. The van der Waals surface area contributed by atoms with Gasteiger partial charge in [-0.1, -0.05) is 12.1 Å². The zero-order valence-corrected chi connectivity index (χ0v) is 15.1. The fraction of sp³-hybridized carbons (Fsp3) is 0.200. The highest BCUT2D eigenvalue weighted by Gasteiger charge is 2.26. The number of rotatable bonds is 5. The van der Waals surface area contributed by atoms with E-state index in [1.165, 1.54) is 13.1 Å². The van der Waals surface area contributed by atoms with Crippen molar-refractivity contribution in [3.8, 4) is 0 Å². The molecule has 0 aliphatic rings. The molecule has 10 heteroatoms. The molecular formula is C15H15N5O3S2. The minimum Gasteiger partial charge on any atom is -0.310 e. The number of aromatic nitrogens is 3. The zero-order valence-electron chi connectivity index (χ0n) is 13.5. The number of nitrogens with zero attached hydrogens (tertiary/aromatic N) is 4. The van der Waals surface area contributed by atoms with Gasteiger partial charge < -0.3 is 5.32 Å². The normalized spacial score (nSPS) is 11.8. The summed E-state index contributed by atoms with van der Waals surface area (Å²) < 4.78 is 34.6. The first-order chi connectivity index (χ1) is 11.9. The standard InChI is InChI=1S/C15H15N5O3S2/c1-10-5-3-8-13(16-10)17-14(21)9-20(2)25(22,23)12-7-4-6-11-15(12)19-24-18-11/h3-8H,9H2,1-2H3,(H,16,17,21). The lowest BCUT2D eigenvalue weighted by Gasteiger charge is -2.17. The minimum atomic E-state index is -3.87. The number of carbonyl (C=O) groups excluding carboxylic acids is 1. The van der Waals surface area contributed by atoms with Crippen LogP contribution in [0.3, 0.4) is 0 Å². The molecule has 0 unspecified atom stereocenters. The molecule has 0 saturated carbocycles. The smallest absolute Gasteiger partial charge is 0.245 e. The molecule has 0 aliphatic carbocycles. The van der Waals surface area contributed by atoms with Crippen LogP contribution in [0, 0.1) is 6.92 Å². The molecule has 8 nitrogen and oxygen atoms in total. The van der Waals surface area contributed by atoms with Crippen molar-refractivity contribution in [3.05, 3.63) is 42.1 Å². The van der Waals surface area contributed by atoms with Crippen molar-refractivity contribution in [2.24, 2.45) is 0 Å². The van der Waals surface area contributed by atoms with Crippen LogP contribution in [0.25, 0.3) is 11.0 Å². The Balaban J connectivity index is 1.79. The Labute approximate surface area is 148 Å². The van der Waals surface area contributed by atoms with Crippen molar-refractivity contribution in [2.75, 3.05) is 18.9 Å². The highest BCUT2D eigenvalue weighted by atomic mass is 32.2.